The molecule has 3 nitrogen and oxygen atoms in total. The molecule has 12 heavy (non-hydrogen) atoms. The monoisotopic (exact) mass is 166 g/mol. The fraction of sp³-hybridized carbons (Fsp3) is 0.125. The van der Waals surface area contributed by atoms with Gasteiger partial charge < -0.3 is 5.32 Å². The predicted octanol–water partition coefficient (Wildman–Crippen LogP) is 1.33. The lowest BCUT2D eigenvalue weighted by molar-refractivity contribution is -0.119. The molecule has 0 saturated carbocycles. The molecule has 0 saturated heterocycles. The summed E-state index contributed by atoms with van der Waals surface area (Å²) in [5.41, 5.74) is 0.938. The van der Waals surface area contributed by atoms with E-state index in [1.54, 1.807) is 24.3 Å². The van der Waals surface area contributed by atoms with Gasteiger partial charge >= 0.3 is 0 Å². The number of nitrogens with one attached hydrogen (secondary N) is 1. The van der Waals surface area contributed by atoms with Gasteiger partial charge in [-0.3, -0.25) is 4.79 Å². The number of carbonyl (C=O) groups is 1. The molecule has 1 aliphatic heterocycles. The Balaban J connectivity index is 2.48. The molecule has 0 fully saturated rings. The Morgan fingerprint density at radius 3 is 3.00 bits per heavy atom. The second-order valence-corrected chi connectivity index (χ2v) is 2.55. The smallest absolute Gasteiger partial charge is 0.274 e. The first-order valence-electron chi connectivity index (χ1n) is 3.60. The van der Waals surface area contributed by atoms with Gasteiger partial charge in [-0.2, -0.15) is 0 Å². The highest BCUT2D eigenvalue weighted by atomic mass is 19.2. The maximum atomic E-state index is 13.0. The van der Waals surface area contributed by atoms with Crippen LogP contribution in [0.15, 0.2) is 24.3 Å². The fourth-order valence-corrected chi connectivity index (χ4v) is 1.17. The highest BCUT2D eigenvalue weighted by Crippen LogP contribution is 2.28. The number of fused-ring (bicyclic) bond motifs is 1. The number of para-hydroxylation sites is 2. The van der Waals surface area contributed by atoms with Crippen molar-refractivity contribution in [2.75, 3.05) is 17.0 Å². The minimum absolute atomic E-state index is 0.0213. The summed E-state index contributed by atoms with van der Waals surface area (Å²) in [6, 6.07) is 6.76. The lowest BCUT2D eigenvalue weighted by Crippen LogP contribution is -2.33. The van der Waals surface area contributed by atoms with Gasteiger partial charge in [0.1, 0.15) is 5.69 Å². The van der Waals surface area contributed by atoms with Crippen molar-refractivity contribution in [3.05, 3.63) is 24.3 Å². The summed E-state index contributed by atoms with van der Waals surface area (Å²) < 4.78 is 13.0. The summed E-state index contributed by atoms with van der Waals surface area (Å²) in [5.74, 6) is -0.561. The Labute approximate surface area is 68.7 Å². The Morgan fingerprint density at radius 1 is 1.42 bits per heavy atom. The predicted molar refractivity (Wildman–Crippen MR) is 43.5 cm³/mol. The molecule has 0 spiro atoms. The third kappa shape index (κ3) is 0.922. The van der Waals surface area contributed by atoms with Gasteiger partial charge in [0.25, 0.3) is 5.91 Å². The minimum atomic E-state index is -0.561. The highest BCUT2D eigenvalue weighted by molar-refractivity contribution is 6.00. The van der Waals surface area contributed by atoms with Crippen LogP contribution in [0, 0.1) is 0 Å². The molecule has 0 aromatic heterocycles. The average molecular weight is 166 g/mol. The van der Waals surface area contributed by atoms with E-state index < -0.39 is 5.91 Å². The molecule has 0 atom stereocenters. The summed E-state index contributed by atoms with van der Waals surface area (Å²) in [6.45, 7) is 0.0213. The molecule has 1 aliphatic rings. The van der Waals surface area contributed by atoms with Crippen LogP contribution in [0.3, 0.4) is 0 Å². The number of hydrogen-bond donors (Lipinski definition) is 1. The molecule has 1 N–H and O–H groups in total. The number of benzene rings is 1. The Morgan fingerprint density at radius 2 is 2.17 bits per heavy atom. The van der Waals surface area contributed by atoms with Crippen LogP contribution in [0.5, 0.6) is 0 Å². The Bertz CT molecular complexity index is 327. The number of anilines is 2. The summed E-state index contributed by atoms with van der Waals surface area (Å²) in [4.78, 5) is 10.8. The molecule has 1 heterocycles. The van der Waals surface area contributed by atoms with Gasteiger partial charge in [-0.05, 0) is 12.1 Å². The average Bonchev–Trinajstić information content (AvgIpc) is 2.12. The third-order valence-electron chi connectivity index (χ3n) is 1.76. The van der Waals surface area contributed by atoms with Gasteiger partial charge in [-0.1, -0.05) is 16.6 Å². The SMILES string of the molecule is O=C1CNc2ccccc2N1F. The second kappa shape index (κ2) is 2.48. The summed E-state index contributed by atoms with van der Waals surface area (Å²) in [6.07, 6.45) is 0. The van der Waals surface area contributed by atoms with E-state index in [2.05, 4.69) is 5.32 Å². The van der Waals surface area contributed by atoms with Crippen molar-refractivity contribution in [2.45, 2.75) is 0 Å². The van der Waals surface area contributed by atoms with Crippen molar-refractivity contribution in [1.29, 1.82) is 0 Å². The van der Waals surface area contributed by atoms with Crippen molar-refractivity contribution in [2.24, 2.45) is 0 Å². The molecule has 4 heteroatoms. The van der Waals surface area contributed by atoms with Crippen molar-refractivity contribution in [3.8, 4) is 0 Å². The summed E-state index contributed by atoms with van der Waals surface area (Å²) in [5, 5.41) is 2.98. The largest absolute Gasteiger partial charge is 0.374 e. The van der Waals surface area contributed by atoms with Gasteiger partial charge in [0, 0.05) is 0 Å². The molecular weight excluding hydrogens is 159 g/mol. The lowest BCUT2D eigenvalue weighted by atomic mass is 10.2. The van der Waals surface area contributed by atoms with E-state index in [0.29, 0.717) is 5.69 Å². The molecule has 0 aliphatic carbocycles. The highest BCUT2D eigenvalue weighted by Gasteiger charge is 2.22. The molecule has 0 radical (unpaired) electrons. The topological polar surface area (TPSA) is 32.3 Å². The number of amides is 1. The van der Waals surface area contributed by atoms with Crippen LogP contribution >= 0.6 is 0 Å². The number of hydrogen-bond acceptors (Lipinski definition) is 2. The molecule has 1 amide bonds. The van der Waals surface area contributed by atoms with Gasteiger partial charge in [-0.25, -0.2) is 0 Å². The summed E-state index contributed by atoms with van der Waals surface area (Å²) in [7, 11) is 0. The van der Waals surface area contributed by atoms with E-state index in [9.17, 15) is 9.28 Å². The van der Waals surface area contributed by atoms with Crippen LogP contribution in [0.2, 0.25) is 0 Å². The number of halogens is 1. The van der Waals surface area contributed by atoms with Crippen molar-refractivity contribution in [3.63, 3.8) is 0 Å². The van der Waals surface area contributed by atoms with Crippen LogP contribution in [-0.4, -0.2) is 12.5 Å². The van der Waals surface area contributed by atoms with Crippen molar-refractivity contribution in [1.82, 2.24) is 0 Å². The Kier molecular flexibility index (Phi) is 1.46. The van der Waals surface area contributed by atoms with E-state index in [1.165, 1.54) is 0 Å². The normalized spacial score (nSPS) is 15.4. The van der Waals surface area contributed by atoms with Crippen LogP contribution in [0.25, 0.3) is 0 Å². The van der Waals surface area contributed by atoms with Gasteiger partial charge in [-0.15, -0.1) is 5.12 Å². The van der Waals surface area contributed by atoms with Gasteiger partial charge in [0.2, 0.25) is 0 Å². The quantitative estimate of drug-likeness (QED) is 0.589. The van der Waals surface area contributed by atoms with E-state index >= 15 is 0 Å². The maximum Gasteiger partial charge on any atom is 0.274 e. The molecule has 1 aromatic rings. The van der Waals surface area contributed by atoms with Crippen molar-refractivity contribution < 1.29 is 9.28 Å². The first-order valence-corrected chi connectivity index (χ1v) is 3.60. The number of carbonyl (C=O) groups excluding carboxylic acids is 1. The Hall–Kier alpha value is -1.58. The second-order valence-electron chi connectivity index (χ2n) is 2.55. The molecule has 0 bridgehead atoms. The molecule has 1 aromatic carbocycles. The fourth-order valence-electron chi connectivity index (χ4n) is 1.17. The number of rotatable bonds is 0. The third-order valence-corrected chi connectivity index (χ3v) is 1.76. The maximum absolute atomic E-state index is 13.0. The van der Waals surface area contributed by atoms with E-state index in [1.807, 2.05) is 0 Å². The first kappa shape index (κ1) is 7.09. The minimum Gasteiger partial charge on any atom is -0.374 e. The first-order chi connectivity index (χ1) is 5.79. The van der Waals surface area contributed by atoms with E-state index in [0.717, 1.165) is 0 Å². The lowest BCUT2D eigenvalue weighted by Gasteiger charge is -2.21. The van der Waals surface area contributed by atoms with Gasteiger partial charge in [0.05, 0.1) is 12.2 Å². The van der Waals surface area contributed by atoms with Crippen LogP contribution in [0.4, 0.5) is 15.9 Å². The van der Waals surface area contributed by atoms with E-state index in [-0.39, 0.29) is 17.4 Å². The zero-order chi connectivity index (χ0) is 8.55. The van der Waals surface area contributed by atoms with Crippen LogP contribution in [-0.2, 0) is 4.79 Å². The van der Waals surface area contributed by atoms with Crippen LogP contribution in [0.1, 0.15) is 0 Å². The van der Waals surface area contributed by atoms with E-state index in [4.69, 9.17) is 0 Å². The van der Waals surface area contributed by atoms with Crippen molar-refractivity contribution >= 4 is 17.3 Å². The van der Waals surface area contributed by atoms with Gasteiger partial charge in [0.15, 0.2) is 0 Å². The molecule has 0 unspecified atom stereocenters. The number of nitrogens with zero attached hydrogens (tertiary/aromatic N) is 1. The molecule has 2 rings (SSSR count). The zero-order valence-corrected chi connectivity index (χ0v) is 6.25. The standard InChI is InChI=1S/C8H7FN2O/c9-11-7-4-2-1-3-6(7)10-5-8(11)12/h1-4,10H,5H2. The molecule has 62 valence electrons. The zero-order valence-electron chi connectivity index (χ0n) is 6.25. The molecular formula is C8H7FN2O. The van der Waals surface area contributed by atoms with Crippen LogP contribution < -0.4 is 10.4 Å². The summed E-state index contributed by atoms with van der Waals surface area (Å²) >= 11 is 0.